The maximum Gasteiger partial charge on any atom is 0.329 e. The van der Waals surface area contributed by atoms with Crippen LogP contribution in [-0.2, 0) is 11.8 Å². The van der Waals surface area contributed by atoms with Crippen LogP contribution in [0.25, 0.3) is 0 Å². The highest BCUT2D eigenvalue weighted by Crippen LogP contribution is 2.34. The lowest BCUT2D eigenvalue weighted by molar-refractivity contribution is -0.146. The molecule has 0 aliphatic heterocycles. The maximum atomic E-state index is 12.4. The zero-order valence-electron chi connectivity index (χ0n) is 13.0. The lowest BCUT2D eigenvalue weighted by atomic mass is 9.75. The van der Waals surface area contributed by atoms with Crippen LogP contribution in [0.3, 0.4) is 0 Å². The largest absolute Gasteiger partial charge is 0.480 e. The van der Waals surface area contributed by atoms with Crippen molar-refractivity contribution in [2.45, 2.75) is 44.6 Å². The van der Waals surface area contributed by atoms with Crippen LogP contribution in [0.5, 0.6) is 0 Å². The number of hydrogen-bond acceptors (Lipinski definition) is 3. The molecular weight excluding hydrogens is 284 g/mol. The molecule has 1 aliphatic carbocycles. The van der Waals surface area contributed by atoms with Gasteiger partial charge in [-0.1, -0.05) is 13.3 Å². The Hall–Kier alpha value is -2.11. The second kappa shape index (κ2) is 6.34. The molecule has 22 heavy (non-hydrogen) atoms. The second-order valence-corrected chi connectivity index (χ2v) is 6.03. The number of rotatable bonds is 4. The van der Waals surface area contributed by atoms with Crippen LogP contribution in [0.15, 0.2) is 23.1 Å². The summed E-state index contributed by atoms with van der Waals surface area (Å²) in [5.41, 5.74) is -1.71. The first-order chi connectivity index (χ1) is 10.4. The van der Waals surface area contributed by atoms with Crippen molar-refractivity contribution in [1.29, 1.82) is 0 Å². The van der Waals surface area contributed by atoms with Crippen molar-refractivity contribution in [2.24, 2.45) is 13.0 Å². The highest BCUT2D eigenvalue weighted by molar-refractivity contribution is 5.97. The fourth-order valence-corrected chi connectivity index (χ4v) is 3.03. The van der Waals surface area contributed by atoms with E-state index >= 15 is 0 Å². The SMILES string of the molecule is CCC1CCC(NC(=O)c2cccn(C)c2=O)(C(=O)O)CC1. The number of carboxylic acids is 1. The molecular formula is C16H22N2O4. The third-order valence-corrected chi connectivity index (χ3v) is 4.67. The molecule has 120 valence electrons. The molecule has 1 aliphatic rings. The fourth-order valence-electron chi connectivity index (χ4n) is 3.03. The summed E-state index contributed by atoms with van der Waals surface area (Å²) in [6, 6.07) is 3.02. The monoisotopic (exact) mass is 306 g/mol. The van der Waals surface area contributed by atoms with Gasteiger partial charge in [0.05, 0.1) is 0 Å². The van der Waals surface area contributed by atoms with Gasteiger partial charge in [0, 0.05) is 13.2 Å². The van der Waals surface area contributed by atoms with Crippen molar-refractivity contribution < 1.29 is 14.7 Å². The van der Waals surface area contributed by atoms with Crippen LogP contribution < -0.4 is 10.9 Å². The summed E-state index contributed by atoms with van der Waals surface area (Å²) >= 11 is 0. The second-order valence-electron chi connectivity index (χ2n) is 6.03. The number of hydrogen-bond donors (Lipinski definition) is 2. The Kier molecular flexibility index (Phi) is 4.68. The molecule has 0 atom stereocenters. The highest BCUT2D eigenvalue weighted by Gasteiger charge is 2.43. The van der Waals surface area contributed by atoms with Gasteiger partial charge in [0.2, 0.25) is 0 Å². The molecule has 0 saturated heterocycles. The van der Waals surface area contributed by atoms with Crippen molar-refractivity contribution in [2.75, 3.05) is 0 Å². The molecule has 0 unspecified atom stereocenters. The first kappa shape index (κ1) is 16.3. The lowest BCUT2D eigenvalue weighted by Gasteiger charge is -2.37. The van der Waals surface area contributed by atoms with Gasteiger partial charge in [-0.05, 0) is 43.7 Å². The van der Waals surface area contributed by atoms with Gasteiger partial charge in [-0.3, -0.25) is 9.59 Å². The van der Waals surface area contributed by atoms with E-state index in [1.165, 1.54) is 10.6 Å². The van der Waals surface area contributed by atoms with Crippen molar-refractivity contribution >= 4 is 11.9 Å². The number of carbonyl (C=O) groups is 2. The smallest absolute Gasteiger partial charge is 0.329 e. The van der Waals surface area contributed by atoms with Crippen LogP contribution in [0.2, 0.25) is 0 Å². The number of aliphatic carboxylic acids is 1. The van der Waals surface area contributed by atoms with Crippen molar-refractivity contribution in [3.8, 4) is 0 Å². The molecule has 6 heteroatoms. The molecule has 2 rings (SSSR count). The topological polar surface area (TPSA) is 88.4 Å². The van der Waals surface area contributed by atoms with E-state index < -0.39 is 23.0 Å². The van der Waals surface area contributed by atoms with Gasteiger partial charge in [-0.2, -0.15) is 0 Å². The average molecular weight is 306 g/mol. The molecule has 6 nitrogen and oxygen atoms in total. The van der Waals surface area contributed by atoms with Crippen LogP contribution >= 0.6 is 0 Å². The first-order valence-corrected chi connectivity index (χ1v) is 7.61. The molecule has 1 heterocycles. The van der Waals surface area contributed by atoms with Crippen LogP contribution in [0, 0.1) is 5.92 Å². The number of carboxylic acid groups (broad SMARTS) is 1. The molecule has 1 fully saturated rings. The summed E-state index contributed by atoms with van der Waals surface area (Å²) in [5, 5.41) is 12.2. The minimum absolute atomic E-state index is 0.0248. The van der Waals surface area contributed by atoms with Crippen LogP contribution in [-0.4, -0.2) is 27.1 Å². The lowest BCUT2D eigenvalue weighted by Crippen LogP contribution is -2.57. The maximum absolute atomic E-state index is 12.4. The standard InChI is InChI=1S/C16H22N2O4/c1-3-11-6-8-16(9-7-11,15(21)22)17-13(19)12-5-4-10-18(2)14(12)20/h4-5,10-11H,3,6-9H2,1-2H3,(H,17,19)(H,21,22). The number of nitrogens with one attached hydrogen (secondary N) is 1. The summed E-state index contributed by atoms with van der Waals surface area (Å²) in [7, 11) is 1.55. The van der Waals surface area contributed by atoms with Gasteiger partial charge in [0.25, 0.3) is 11.5 Å². The molecule has 0 spiro atoms. The average Bonchev–Trinajstić information content (AvgIpc) is 2.50. The summed E-state index contributed by atoms with van der Waals surface area (Å²) < 4.78 is 1.30. The Labute approximate surface area is 129 Å². The van der Waals surface area contributed by atoms with E-state index in [4.69, 9.17) is 0 Å². The number of amides is 1. The van der Waals surface area contributed by atoms with E-state index in [1.54, 1.807) is 19.3 Å². The molecule has 0 radical (unpaired) electrons. The van der Waals surface area contributed by atoms with Crippen molar-refractivity contribution in [3.05, 3.63) is 34.2 Å². The van der Waals surface area contributed by atoms with Gasteiger partial charge in [-0.25, -0.2) is 4.79 Å². The minimum atomic E-state index is -1.26. The third-order valence-electron chi connectivity index (χ3n) is 4.67. The Morgan fingerprint density at radius 1 is 1.41 bits per heavy atom. The number of carbonyl (C=O) groups excluding carboxylic acids is 1. The molecule has 1 saturated carbocycles. The highest BCUT2D eigenvalue weighted by atomic mass is 16.4. The Morgan fingerprint density at radius 2 is 2.05 bits per heavy atom. The number of aromatic nitrogens is 1. The predicted molar refractivity (Wildman–Crippen MR) is 81.8 cm³/mol. The molecule has 0 bridgehead atoms. The normalized spacial score (nSPS) is 24.7. The Morgan fingerprint density at radius 3 is 2.59 bits per heavy atom. The van der Waals surface area contributed by atoms with Gasteiger partial charge < -0.3 is 15.0 Å². The van der Waals surface area contributed by atoms with E-state index in [-0.39, 0.29) is 5.56 Å². The molecule has 0 aromatic carbocycles. The van der Waals surface area contributed by atoms with Gasteiger partial charge in [0.1, 0.15) is 11.1 Å². The summed E-state index contributed by atoms with van der Waals surface area (Å²) in [6.07, 6.45) is 4.92. The molecule has 2 N–H and O–H groups in total. The van der Waals surface area contributed by atoms with Gasteiger partial charge in [0.15, 0.2) is 0 Å². The quantitative estimate of drug-likeness (QED) is 0.883. The van der Waals surface area contributed by atoms with Crippen LogP contribution in [0.1, 0.15) is 49.4 Å². The Balaban J connectivity index is 2.22. The first-order valence-electron chi connectivity index (χ1n) is 7.61. The number of aryl methyl sites for hydroxylation is 1. The predicted octanol–water partition coefficient (Wildman–Crippen LogP) is 1.54. The van der Waals surface area contributed by atoms with Crippen molar-refractivity contribution in [1.82, 2.24) is 9.88 Å². The zero-order chi connectivity index (χ0) is 16.3. The van der Waals surface area contributed by atoms with Crippen LogP contribution in [0.4, 0.5) is 0 Å². The summed E-state index contributed by atoms with van der Waals surface area (Å²) in [5.74, 6) is -1.13. The number of nitrogens with zero attached hydrogens (tertiary/aromatic N) is 1. The van der Waals surface area contributed by atoms with E-state index in [9.17, 15) is 19.5 Å². The van der Waals surface area contributed by atoms with E-state index in [0.29, 0.717) is 18.8 Å². The zero-order valence-corrected chi connectivity index (χ0v) is 13.0. The van der Waals surface area contributed by atoms with Gasteiger partial charge in [-0.15, -0.1) is 0 Å². The number of pyridine rings is 1. The molecule has 1 amide bonds. The van der Waals surface area contributed by atoms with E-state index in [2.05, 4.69) is 12.2 Å². The van der Waals surface area contributed by atoms with Gasteiger partial charge >= 0.3 is 5.97 Å². The third kappa shape index (κ3) is 3.05. The van der Waals surface area contributed by atoms with Crippen molar-refractivity contribution in [3.63, 3.8) is 0 Å². The summed E-state index contributed by atoms with van der Waals surface area (Å²) in [6.45, 7) is 2.09. The summed E-state index contributed by atoms with van der Waals surface area (Å²) in [4.78, 5) is 36.0. The minimum Gasteiger partial charge on any atom is -0.480 e. The van der Waals surface area contributed by atoms with E-state index in [1.807, 2.05) is 0 Å². The molecule has 1 aromatic heterocycles. The fraction of sp³-hybridized carbons (Fsp3) is 0.562. The Bertz CT molecular complexity index is 627. The van der Waals surface area contributed by atoms with E-state index in [0.717, 1.165) is 19.3 Å². The molecule has 1 aromatic rings.